The Balaban J connectivity index is 1.79. The van der Waals surface area contributed by atoms with E-state index in [1.165, 1.54) is 11.3 Å². The highest BCUT2D eigenvalue weighted by Gasteiger charge is 2.14. The standard InChI is InChI=1S/C20H14ClNO3S/c1-2-24-17-5-3-4-13-10-15(20(23)25-18(13)17)19-22-16(11-26-19)12-6-8-14(21)9-7-12/h3-11H,2H2,1H3. The molecule has 0 aliphatic heterocycles. The first-order valence-corrected chi connectivity index (χ1v) is 9.33. The highest BCUT2D eigenvalue weighted by molar-refractivity contribution is 7.13. The molecule has 4 aromatic rings. The summed E-state index contributed by atoms with van der Waals surface area (Å²) in [6, 6.07) is 14.8. The van der Waals surface area contributed by atoms with E-state index in [0.29, 0.717) is 33.5 Å². The highest BCUT2D eigenvalue weighted by atomic mass is 35.5. The molecule has 0 amide bonds. The molecule has 0 radical (unpaired) electrons. The normalized spacial score (nSPS) is 11.0. The Labute approximate surface area is 158 Å². The molecule has 0 saturated carbocycles. The van der Waals surface area contributed by atoms with Gasteiger partial charge in [0.15, 0.2) is 11.3 Å². The topological polar surface area (TPSA) is 52.3 Å². The SMILES string of the molecule is CCOc1cccc2cc(-c3nc(-c4ccc(Cl)cc4)cs3)c(=O)oc12. The maximum atomic E-state index is 12.5. The van der Waals surface area contributed by atoms with Crippen molar-refractivity contribution in [1.29, 1.82) is 0 Å². The minimum atomic E-state index is -0.429. The maximum Gasteiger partial charge on any atom is 0.346 e. The van der Waals surface area contributed by atoms with Gasteiger partial charge in [-0.25, -0.2) is 9.78 Å². The van der Waals surface area contributed by atoms with Crippen molar-refractivity contribution in [2.24, 2.45) is 0 Å². The van der Waals surface area contributed by atoms with E-state index in [-0.39, 0.29) is 0 Å². The highest BCUT2D eigenvalue weighted by Crippen LogP contribution is 2.31. The van der Waals surface area contributed by atoms with Gasteiger partial charge in [-0.05, 0) is 31.2 Å². The van der Waals surface area contributed by atoms with Crippen LogP contribution >= 0.6 is 22.9 Å². The molecule has 0 aliphatic rings. The fourth-order valence-electron chi connectivity index (χ4n) is 2.69. The summed E-state index contributed by atoms with van der Waals surface area (Å²) in [5, 5.41) is 4.00. The van der Waals surface area contributed by atoms with Gasteiger partial charge in [-0.1, -0.05) is 35.9 Å². The minimum Gasteiger partial charge on any atom is -0.490 e. The first kappa shape index (κ1) is 16.8. The maximum absolute atomic E-state index is 12.5. The van der Waals surface area contributed by atoms with Crippen LogP contribution in [0, 0.1) is 0 Å². The number of halogens is 1. The molecular formula is C20H14ClNO3S. The zero-order valence-electron chi connectivity index (χ0n) is 13.9. The molecule has 0 N–H and O–H groups in total. The summed E-state index contributed by atoms with van der Waals surface area (Å²) in [5.41, 5.74) is 2.21. The van der Waals surface area contributed by atoms with Gasteiger partial charge in [-0.3, -0.25) is 0 Å². The molecule has 0 aliphatic carbocycles. The number of fused-ring (bicyclic) bond motifs is 1. The average Bonchev–Trinajstić information content (AvgIpc) is 3.12. The lowest BCUT2D eigenvalue weighted by Crippen LogP contribution is -2.03. The van der Waals surface area contributed by atoms with E-state index in [9.17, 15) is 4.79 Å². The molecule has 0 spiro atoms. The number of hydrogen-bond donors (Lipinski definition) is 0. The van der Waals surface area contributed by atoms with E-state index < -0.39 is 5.63 Å². The molecule has 26 heavy (non-hydrogen) atoms. The lowest BCUT2D eigenvalue weighted by atomic mass is 10.1. The van der Waals surface area contributed by atoms with Crippen LogP contribution in [0.3, 0.4) is 0 Å². The van der Waals surface area contributed by atoms with Gasteiger partial charge in [0.05, 0.1) is 17.9 Å². The van der Waals surface area contributed by atoms with E-state index >= 15 is 0 Å². The number of nitrogens with zero attached hydrogens (tertiary/aromatic N) is 1. The van der Waals surface area contributed by atoms with Gasteiger partial charge in [-0.2, -0.15) is 0 Å². The molecule has 2 aromatic carbocycles. The van der Waals surface area contributed by atoms with Crippen LogP contribution < -0.4 is 10.4 Å². The first-order chi connectivity index (χ1) is 12.7. The molecular weight excluding hydrogens is 370 g/mol. The first-order valence-electron chi connectivity index (χ1n) is 8.07. The quantitative estimate of drug-likeness (QED) is 0.428. The summed E-state index contributed by atoms with van der Waals surface area (Å²) in [5.74, 6) is 0.564. The van der Waals surface area contributed by atoms with E-state index in [4.69, 9.17) is 20.8 Å². The molecule has 2 heterocycles. The fraction of sp³-hybridized carbons (Fsp3) is 0.100. The van der Waals surface area contributed by atoms with Gasteiger partial charge < -0.3 is 9.15 Å². The zero-order valence-corrected chi connectivity index (χ0v) is 15.4. The summed E-state index contributed by atoms with van der Waals surface area (Å²) in [6.45, 7) is 2.39. The van der Waals surface area contributed by atoms with Crippen molar-refractivity contribution in [3.8, 4) is 27.6 Å². The number of aromatic nitrogens is 1. The third-order valence-corrected chi connectivity index (χ3v) is 5.03. The van der Waals surface area contributed by atoms with Gasteiger partial charge in [0, 0.05) is 21.4 Å². The molecule has 0 saturated heterocycles. The Morgan fingerprint density at radius 2 is 2.00 bits per heavy atom. The second-order valence-electron chi connectivity index (χ2n) is 5.60. The summed E-state index contributed by atoms with van der Waals surface area (Å²) >= 11 is 7.33. The second kappa shape index (κ2) is 6.94. The molecule has 6 heteroatoms. The van der Waals surface area contributed by atoms with Crippen LogP contribution in [0.15, 0.2) is 63.1 Å². The van der Waals surface area contributed by atoms with Crippen LogP contribution in [0.4, 0.5) is 0 Å². The number of benzene rings is 2. The molecule has 4 rings (SSSR count). The molecule has 4 nitrogen and oxygen atoms in total. The number of thiazole rings is 1. The predicted molar refractivity (Wildman–Crippen MR) is 105 cm³/mol. The Hall–Kier alpha value is -2.63. The summed E-state index contributed by atoms with van der Waals surface area (Å²) in [6.07, 6.45) is 0. The average molecular weight is 384 g/mol. The lowest BCUT2D eigenvalue weighted by Gasteiger charge is -2.06. The number of para-hydroxylation sites is 1. The monoisotopic (exact) mass is 383 g/mol. The van der Waals surface area contributed by atoms with Crippen LogP contribution in [-0.2, 0) is 0 Å². The molecule has 0 fully saturated rings. The fourth-order valence-corrected chi connectivity index (χ4v) is 3.65. The number of hydrogen-bond acceptors (Lipinski definition) is 5. The second-order valence-corrected chi connectivity index (χ2v) is 6.89. The summed E-state index contributed by atoms with van der Waals surface area (Å²) in [4.78, 5) is 17.1. The van der Waals surface area contributed by atoms with Crippen molar-refractivity contribution < 1.29 is 9.15 Å². The van der Waals surface area contributed by atoms with Gasteiger partial charge in [0.25, 0.3) is 0 Å². The Kier molecular flexibility index (Phi) is 4.49. The van der Waals surface area contributed by atoms with E-state index in [1.807, 2.05) is 48.7 Å². The van der Waals surface area contributed by atoms with Gasteiger partial charge in [0.1, 0.15) is 5.01 Å². The number of ether oxygens (including phenoxy) is 1. The van der Waals surface area contributed by atoms with Crippen molar-refractivity contribution in [3.63, 3.8) is 0 Å². The van der Waals surface area contributed by atoms with E-state index in [1.54, 1.807) is 12.1 Å². The smallest absolute Gasteiger partial charge is 0.346 e. The van der Waals surface area contributed by atoms with Crippen molar-refractivity contribution in [1.82, 2.24) is 4.98 Å². The van der Waals surface area contributed by atoms with Gasteiger partial charge >= 0.3 is 5.63 Å². The molecule has 2 aromatic heterocycles. The zero-order chi connectivity index (χ0) is 18.1. The van der Waals surface area contributed by atoms with E-state index in [0.717, 1.165) is 16.6 Å². The van der Waals surface area contributed by atoms with E-state index in [2.05, 4.69) is 4.98 Å². The molecule has 0 unspecified atom stereocenters. The molecule has 130 valence electrons. The van der Waals surface area contributed by atoms with Crippen LogP contribution in [0.25, 0.3) is 32.8 Å². The molecule has 0 atom stereocenters. The van der Waals surface area contributed by atoms with Crippen molar-refractivity contribution in [3.05, 3.63) is 69.4 Å². The van der Waals surface area contributed by atoms with Crippen LogP contribution in [-0.4, -0.2) is 11.6 Å². The predicted octanol–water partition coefficient (Wildman–Crippen LogP) is 5.64. The lowest BCUT2D eigenvalue weighted by molar-refractivity contribution is 0.337. The van der Waals surface area contributed by atoms with Crippen molar-refractivity contribution in [2.75, 3.05) is 6.61 Å². The number of rotatable bonds is 4. The Bertz CT molecular complexity index is 1130. The third-order valence-electron chi connectivity index (χ3n) is 3.90. The third kappa shape index (κ3) is 3.11. The van der Waals surface area contributed by atoms with Crippen molar-refractivity contribution >= 4 is 33.9 Å². The summed E-state index contributed by atoms with van der Waals surface area (Å²) < 4.78 is 11.1. The van der Waals surface area contributed by atoms with Gasteiger partial charge in [-0.15, -0.1) is 11.3 Å². The largest absolute Gasteiger partial charge is 0.490 e. The van der Waals surface area contributed by atoms with Crippen molar-refractivity contribution in [2.45, 2.75) is 6.92 Å². The van der Waals surface area contributed by atoms with Gasteiger partial charge in [0.2, 0.25) is 0 Å². The van der Waals surface area contributed by atoms with Crippen LogP contribution in [0.5, 0.6) is 5.75 Å². The molecule has 0 bridgehead atoms. The van der Waals surface area contributed by atoms with Crippen LogP contribution in [0.1, 0.15) is 6.92 Å². The van der Waals surface area contributed by atoms with Crippen LogP contribution in [0.2, 0.25) is 5.02 Å². The minimum absolute atomic E-state index is 0.429. The summed E-state index contributed by atoms with van der Waals surface area (Å²) in [7, 11) is 0. The Morgan fingerprint density at radius 3 is 2.77 bits per heavy atom. The Morgan fingerprint density at radius 1 is 1.19 bits per heavy atom.